The molecule has 3 fully saturated rings. The predicted molar refractivity (Wildman–Crippen MR) is 93.5 cm³/mol. The highest BCUT2D eigenvalue weighted by atomic mass is 19.1. The number of unbranched alkanes of at least 4 members (excludes halogenated alkanes) is 2. The van der Waals surface area contributed by atoms with E-state index in [1.807, 2.05) is 4.90 Å². The molecule has 4 atom stereocenters. The second-order valence-electron chi connectivity index (χ2n) is 7.77. The number of halogens is 1. The van der Waals surface area contributed by atoms with E-state index in [0.717, 1.165) is 52.0 Å². The van der Waals surface area contributed by atoms with Crippen LogP contribution in [-0.2, 0) is 4.79 Å². The number of hydrogen-bond acceptors (Lipinski definition) is 4. The SMILES string of the molecule is CCCCCN1CC(N)C(N2CCN3C(=O)CCCC3C2)C(F)C1. The number of carbonyl (C=O) groups excluding carboxylic acids is 1. The normalized spacial score (nSPS) is 36.0. The van der Waals surface area contributed by atoms with E-state index >= 15 is 0 Å². The Morgan fingerprint density at radius 2 is 2.04 bits per heavy atom. The predicted octanol–water partition coefficient (Wildman–Crippen LogP) is 1.22. The second-order valence-corrected chi connectivity index (χ2v) is 7.77. The number of rotatable bonds is 5. The van der Waals surface area contributed by atoms with Crippen molar-refractivity contribution in [2.45, 2.75) is 69.7 Å². The summed E-state index contributed by atoms with van der Waals surface area (Å²) in [7, 11) is 0. The van der Waals surface area contributed by atoms with Crippen LogP contribution in [0.5, 0.6) is 0 Å². The highest BCUT2D eigenvalue weighted by Gasteiger charge is 2.42. The van der Waals surface area contributed by atoms with Crippen molar-refractivity contribution in [1.82, 2.24) is 14.7 Å². The summed E-state index contributed by atoms with van der Waals surface area (Å²) >= 11 is 0. The van der Waals surface area contributed by atoms with Gasteiger partial charge in [-0.05, 0) is 25.8 Å². The number of amides is 1. The minimum Gasteiger partial charge on any atom is -0.337 e. The largest absolute Gasteiger partial charge is 0.337 e. The Balaban J connectivity index is 1.56. The summed E-state index contributed by atoms with van der Waals surface area (Å²) in [6.45, 7) is 6.73. The Morgan fingerprint density at radius 3 is 2.79 bits per heavy atom. The van der Waals surface area contributed by atoms with Crippen molar-refractivity contribution in [3.63, 3.8) is 0 Å². The molecule has 0 aliphatic carbocycles. The minimum atomic E-state index is -0.888. The number of nitrogens with two attached hydrogens (primary N) is 1. The third kappa shape index (κ3) is 3.92. The number of likely N-dealkylation sites (tertiary alicyclic amines) is 1. The molecule has 24 heavy (non-hydrogen) atoms. The van der Waals surface area contributed by atoms with Gasteiger partial charge >= 0.3 is 0 Å². The summed E-state index contributed by atoms with van der Waals surface area (Å²) < 4.78 is 14.9. The van der Waals surface area contributed by atoms with E-state index < -0.39 is 6.17 Å². The summed E-state index contributed by atoms with van der Waals surface area (Å²) in [5, 5.41) is 0. The smallest absolute Gasteiger partial charge is 0.222 e. The zero-order valence-corrected chi connectivity index (χ0v) is 15.0. The van der Waals surface area contributed by atoms with Crippen LogP contribution in [0.1, 0.15) is 45.4 Å². The van der Waals surface area contributed by atoms with Gasteiger partial charge in [0.2, 0.25) is 5.91 Å². The molecule has 0 saturated carbocycles. The van der Waals surface area contributed by atoms with Gasteiger partial charge in [-0.1, -0.05) is 19.8 Å². The quantitative estimate of drug-likeness (QED) is 0.765. The maximum Gasteiger partial charge on any atom is 0.222 e. The maximum atomic E-state index is 14.9. The van der Waals surface area contributed by atoms with Gasteiger partial charge in [0.25, 0.3) is 0 Å². The number of fused-ring (bicyclic) bond motifs is 1. The Hall–Kier alpha value is -0.720. The molecule has 0 aromatic carbocycles. The fourth-order valence-electron chi connectivity index (χ4n) is 4.73. The molecule has 3 aliphatic heterocycles. The van der Waals surface area contributed by atoms with Crippen LogP contribution < -0.4 is 5.73 Å². The van der Waals surface area contributed by atoms with Gasteiger partial charge in [0.15, 0.2) is 0 Å². The first-order chi connectivity index (χ1) is 11.6. The molecule has 0 bridgehead atoms. The Labute approximate surface area is 145 Å². The second kappa shape index (κ2) is 8.11. The van der Waals surface area contributed by atoms with Crippen molar-refractivity contribution in [1.29, 1.82) is 0 Å². The van der Waals surface area contributed by atoms with E-state index in [1.54, 1.807) is 0 Å². The molecule has 138 valence electrons. The molecule has 0 radical (unpaired) electrons. The van der Waals surface area contributed by atoms with E-state index in [1.165, 1.54) is 12.8 Å². The van der Waals surface area contributed by atoms with Crippen molar-refractivity contribution in [3.05, 3.63) is 0 Å². The molecular formula is C18H33FN4O. The van der Waals surface area contributed by atoms with Gasteiger partial charge in [-0.3, -0.25) is 14.6 Å². The molecule has 1 amide bonds. The first kappa shape index (κ1) is 18.1. The van der Waals surface area contributed by atoms with E-state index in [0.29, 0.717) is 13.0 Å². The van der Waals surface area contributed by atoms with Crippen LogP contribution in [0.2, 0.25) is 0 Å². The van der Waals surface area contributed by atoms with Crippen LogP contribution in [0, 0.1) is 0 Å². The first-order valence-corrected chi connectivity index (χ1v) is 9.75. The van der Waals surface area contributed by atoms with Gasteiger partial charge in [-0.25, -0.2) is 4.39 Å². The fourth-order valence-corrected chi connectivity index (χ4v) is 4.73. The summed E-state index contributed by atoms with van der Waals surface area (Å²) in [5.74, 6) is 0.276. The zero-order valence-electron chi connectivity index (χ0n) is 15.0. The lowest BCUT2D eigenvalue weighted by Crippen LogP contribution is -2.68. The van der Waals surface area contributed by atoms with Gasteiger partial charge in [0, 0.05) is 51.2 Å². The van der Waals surface area contributed by atoms with Crippen molar-refractivity contribution >= 4 is 5.91 Å². The topological polar surface area (TPSA) is 52.8 Å². The third-order valence-electron chi connectivity index (χ3n) is 5.97. The molecule has 4 unspecified atom stereocenters. The molecule has 3 saturated heterocycles. The van der Waals surface area contributed by atoms with Crippen LogP contribution in [0.3, 0.4) is 0 Å². The lowest BCUT2D eigenvalue weighted by Gasteiger charge is -2.50. The first-order valence-electron chi connectivity index (χ1n) is 9.75. The number of hydrogen-bond donors (Lipinski definition) is 1. The fraction of sp³-hybridized carbons (Fsp3) is 0.944. The van der Waals surface area contributed by atoms with Crippen LogP contribution in [0.15, 0.2) is 0 Å². The number of carbonyl (C=O) groups is 1. The maximum absolute atomic E-state index is 14.9. The van der Waals surface area contributed by atoms with Gasteiger partial charge in [0.1, 0.15) is 6.17 Å². The summed E-state index contributed by atoms with van der Waals surface area (Å²) in [6, 6.07) is -0.0604. The molecule has 0 spiro atoms. The number of piperazine rings is 1. The standard InChI is InChI=1S/C18H33FN4O/c1-2-3-4-8-21-12-15(19)18(16(20)13-21)22-9-10-23-14(11-22)6-5-7-17(23)24/h14-16,18H,2-13,20H2,1H3. The van der Waals surface area contributed by atoms with Crippen LogP contribution in [0.25, 0.3) is 0 Å². The van der Waals surface area contributed by atoms with Crippen molar-refractivity contribution in [2.24, 2.45) is 5.73 Å². The zero-order chi connectivity index (χ0) is 17.1. The summed E-state index contributed by atoms with van der Waals surface area (Å²) in [5.41, 5.74) is 6.39. The van der Waals surface area contributed by atoms with E-state index in [9.17, 15) is 9.18 Å². The molecule has 3 aliphatic rings. The van der Waals surface area contributed by atoms with E-state index in [2.05, 4.69) is 16.7 Å². The molecule has 5 nitrogen and oxygen atoms in total. The monoisotopic (exact) mass is 340 g/mol. The average molecular weight is 340 g/mol. The third-order valence-corrected chi connectivity index (χ3v) is 5.97. The van der Waals surface area contributed by atoms with E-state index in [4.69, 9.17) is 5.73 Å². The highest BCUT2D eigenvalue weighted by Crippen LogP contribution is 2.27. The highest BCUT2D eigenvalue weighted by molar-refractivity contribution is 5.77. The van der Waals surface area contributed by atoms with Gasteiger partial charge in [-0.15, -0.1) is 0 Å². The number of piperidine rings is 2. The van der Waals surface area contributed by atoms with Gasteiger partial charge in [-0.2, -0.15) is 0 Å². The minimum absolute atomic E-state index is 0.138. The van der Waals surface area contributed by atoms with Crippen LogP contribution in [-0.4, -0.2) is 84.2 Å². The molecular weight excluding hydrogens is 307 g/mol. The summed E-state index contributed by atoms with van der Waals surface area (Å²) in [6.07, 6.45) is 5.32. The van der Waals surface area contributed by atoms with Gasteiger partial charge < -0.3 is 10.6 Å². The van der Waals surface area contributed by atoms with E-state index in [-0.39, 0.29) is 24.0 Å². The molecule has 0 aromatic heterocycles. The van der Waals surface area contributed by atoms with Crippen molar-refractivity contribution < 1.29 is 9.18 Å². The van der Waals surface area contributed by atoms with Crippen LogP contribution in [0.4, 0.5) is 4.39 Å². The number of nitrogens with zero attached hydrogens (tertiary/aromatic N) is 3. The average Bonchev–Trinajstić information content (AvgIpc) is 2.55. The lowest BCUT2D eigenvalue weighted by molar-refractivity contribution is -0.141. The molecule has 6 heteroatoms. The van der Waals surface area contributed by atoms with Crippen molar-refractivity contribution in [3.8, 4) is 0 Å². The van der Waals surface area contributed by atoms with Crippen molar-refractivity contribution in [2.75, 3.05) is 39.3 Å². The Kier molecular flexibility index (Phi) is 6.11. The number of alkyl halides is 1. The molecule has 3 heterocycles. The Bertz CT molecular complexity index is 423. The lowest BCUT2D eigenvalue weighted by atomic mass is 9.92. The van der Waals surface area contributed by atoms with Crippen LogP contribution >= 0.6 is 0 Å². The Morgan fingerprint density at radius 1 is 1.21 bits per heavy atom. The van der Waals surface area contributed by atoms with Gasteiger partial charge in [0.05, 0.1) is 6.04 Å². The molecule has 2 N–H and O–H groups in total. The summed E-state index contributed by atoms with van der Waals surface area (Å²) in [4.78, 5) is 18.5. The molecule has 0 aromatic rings. The molecule has 3 rings (SSSR count).